The maximum absolute atomic E-state index is 13.0. The average Bonchev–Trinajstić information content (AvgIpc) is 3.26. The van der Waals surface area contributed by atoms with Crippen LogP contribution in [0.4, 0.5) is 16.8 Å². The van der Waals surface area contributed by atoms with Crippen LogP contribution in [0.2, 0.25) is 5.02 Å². The zero-order valence-electron chi connectivity index (χ0n) is 18.8. The lowest BCUT2D eigenvalue weighted by molar-refractivity contribution is 0.104. The van der Waals surface area contributed by atoms with Crippen LogP contribution in [0, 0.1) is 13.8 Å². The number of hydrogen-bond acceptors (Lipinski definition) is 9. The Morgan fingerprint density at radius 1 is 1.21 bits per heavy atom. The molecule has 0 radical (unpaired) electrons. The first-order chi connectivity index (χ1) is 15.9. The van der Waals surface area contributed by atoms with E-state index in [0.29, 0.717) is 32.2 Å². The fraction of sp³-hybridized carbons (Fsp3) is 0.391. The van der Waals surface area contributed by atoms with Crippen LogP contribution in [0.5, 0.6) is 0 Å². The number of carbonyl (C=O) groups is 1. The molecule has 4 rings (SSSR count). The minimum atomic E-state index is -0.129. The van der Waals surface area contributed by atoms with E-state index < -0.39 is 0 Å². The molecule has 1 aromatic carbocycles. The van der Waals surface area contributed by atoms with Gasteiger partial charge in [-0.15, -0.1) is 0 Å². The molecule has 3 heterocycles. The predicted octanol–water partition coefficient (Wildman–Crippen LogP) is 3.65. The van der Waals surface area contributed by atoms with E-state index in [1.54, 1.807) is 12.3 Å². The van der Waals surface area contributed by atoms with E-state index in [4.69, 9.17) is 17.3 Å². The van der Waals surface area contributed by atoms with Crippen molar-refractivity contribution in [3.05, 3.63) is 57.3 Å². The second kappa shape index (κ2) is 10.6. The third kappa shape index (κ3) is 5.67. The highest BCUT2D eigenvalue weighted by Crippen LogP contribution is 2.29. The fourth-order valence-corrected chi connectivity index (χ4v) is 4.96. The number of rotatable bonds is 8. The van der Waals surface area contributed by atoms with Crippen LogP contribution in [0.25, 0.3) is 0 Å². The summed E-state index contributed by atoms with van der Waals surface area (Å²) >= 11 is 7.55. The summed E-state index contributed by atoms with van der Waals surface area (Å²) < 4.78 is 0. The Kier molecular flexibility index (Phi) is 7.54. The molecule has 174 valence electrons. The first kappa shape index (κ1) is 23.6. The molecule has 1 aliphatic rings. The fourth-order valence-electron chi connectivity index (χ4n) is 3.88. The highest BCUT2D eigenvalue weighted by atomic mass is 35.5. The van der Waals surface area contributed by atoms with Crippen LogP contribution >= 0.6 is 22.9 Å². The first-order valence-electron chi connectivity index (χ1n) is 11.0. The van der Waals surface area contributed by atoms with E-state index in [1.807, 2.05) is 32.0 Å². The average molecular weight is 486 g/mol. The van der Waals surface area contributed by atoms with Crippen molar-refractivity contribution in [1.29, 1.82) is 0 Å². The third-order valence-electron chi connectivity index (χ3n) is 5.61. The lowest BCUT2D eigenvalue weighted by Gasteiger charge is -2.35. The molecule has 2 aromatic heterocycles. The predicted molar refractivity (Wildman–Crippen MR) is 134 cm³/mol. The molecule has 1 saturated heterocycles. The molecular formula is C23H28ClN7OS. The Morgan fingerprint density at radius 2 is 2.00 bits per heavy atom. The zero-order valence-corrected chi connectivity index (χ0v) is 20.4. The smallest absolute Gasteiger partial charge is 0.206 e. The molecule has 3 N–H and O–H groups in total. The molecular weight excluding hydrogens is 458 g/mol. The summed E-state index contributed by atoms with van der Waals surface area (Å²) in [5.74, 6) is 2.10. The van der Waals surface area contributed by atoms with Gasteiger partial charge in [0.1, 0.15) is 17.5 Å². The van der Waals surface area contributed by atoms with Gasteiger partial charge < -0.3 is 16.0 Å². The Hall–Kier alpha value is -2.59. The monoisotopic (exact) mass is 485 g/mol. The van der Waals surface area contributed by atoms with Gasteiger partial charge in [-0.3, -0.25) is 9.69 Å². The quantitative estimate of drug-likeness (QED) is 0.466. The molecule has 3 aromatic rings. The number of nitrogens with two attached hydrogens (primary N) is 1. The van der Waals surface area contributed by atoms with Crippen molar-refractivity contribution in [2.75, 3.05) is 49.5 Å². The molecule has 8 nitrogen and oxygen atoms in total. The van der Waals surface area contributed by atoms with Crippen molar-refractivity contribution in [3.8, 4) is 0 Å². The van der Waals surface area contributed by atoms with Crippen molar-refractivity contribution in [1.82, 2.24) is 19.9 Å². The molecule has 0 saturated carbocycles. The molecule has 0 atom stereocenters. The van der Waals surface area contributed by atoms with E-state index >= 15 is 0 Å². The van der Waals surface area contributed by atoms with E-state index in [0.717, 1.165) is 57.1 Å². The molecule has 33 heavy (non-hydrogen) atoms. The standard InChI is InChI=1S/C23H28ClN7OS/c1-15-5-3-6-17(24)21(15)22(32)18-14-26-23(33-18)29-19-13-20(28-16(2)27-19)31-11-9-30(10-12-31)8-4-7-25/h3,5-6,13-14H,4,7-12,25H2,1-2H3,(H,26,27,28,29). The number of anilines is 3. The summed E-state index contributed by atoms with van der Waals surface area (Å²) in [5.41, 5.74) is 6.99. The van der Waals surface area contributed by atoms with Gasteiger partial charge in [0.25, 0.3) is 0 Å². The minimum Gasteiger partial charge on any atom is -0.354 e. The third-order valence-corrected chi connectivity index (χ3v) is 6.84. The van der Waals surface area contributed by atoms with Gasteiger partial charge in [0, 0.05) is 37.8 Å². The van der Waals surface area contributed by atoms with Gasteiger partial charge in [0.05, 0.1) is 16.1 Å². The maximum Gasteiger partial charge on any atom is 0.206 e. The summed E-state index contributed by atoms with van der Waals surface area (Å²) in [6.07, 6.45) is 2.60. The van der Waals surface area contributed by atoms with Crippen molar-refractivity contribution < 1.29 is 4.79 Å². The summed E-state index contributed by atoms with van der Waals surface area (Å²) in [4.78, 5) is 31.7. The van der Waals surface area contributed by atoms with E-state index in [-0.39, 0.29) is 5.78 Å². The molecule has 1 fully saturated rings. The molecule has 1 aliphatic heterocycles. The van der Waals surface area contributed by atoms with E-state index in [2.05, 4.69) is 30.1 Å². The molecule has 0 unspecified atom stereocenters. The number of aryl methyl sites for hydroxylation is 2. The van der Waals surface area contributed by atoms with Crippen molar-refractivity contribution in [2.24, 2.45) is 5.73 Å². The van der Waals surface area contributed by atoms with Crippen molar-refractivity contribution in [2.45, 2.75) is 20.3 Å². The second-order valence-electron chi connectivity index (χ2n) is 8.05. The van der Waals surface area contributed by atoms with Crippen LogP contribution in [0.15, 0.2) is 30.5 Å². The number of piperazine rings is 1. The number of halogens is 1. The topological polar surface area (TPSA) is 100 Å². The van der Waals surface area contributed by atoms with Gasteiger partial charge in [-0.25, -0.2) is 15.0 Å². The molecule has 10 heteroatoms. The maximum atomic E-state index is 13.0. The highest BCUT2D eigenvalue weighted by molar-refractivity contribution is 7.17. The van der Waals surface area contributed by atoms with Gasteiger partial charge in [0.15, 0.2) is 5.13 Å². The van der Waals surface area contributed by atoms with Gasteiger partial charge in [0.2, 0.25) is 5.78 Å². The van der Waals surface area contributed by atoms with Crippen LogP contribution < -0.4 is 16.0 Å². The van der Waals surface area contributed by atoms with Gasteiger partial charge in [-0.05, 0) is 45.0 Å². The Balaban J connectivity index is 1.46. The van der Waals surface area contributed by atoms with Gasteiger partial charge in [-0.2, -0.15) is 0 Å². The van der Waals surface area contributed by atoms with E-state index in [1.165, 1.54) is 11.3 Å². The Bertz CT molecular complexity index is 1110. The molecule has 0 bridgehead atoms. The van der Waals surface area contributed by atoms with Gasteiger partial charge >= 0.3 is 0 Å². The van der Waals surface area contributed by atoms with Crippen LogP contribution in [0.1, 0.15) is 33.0 Å². The summed E-state index contributed by atoms with van der Waals surface area (Å²) in [6.45, 7) is 9.32. The number of nitrogens with zero attached hydrogens (tertiary/aromatic N) is 5. The van der Waals surface area contributed by atoms with Crippen molar-refractivity contribution >= 4 is 45.5 Å². The SMILES string of the molecule is Cc1nc(Nc2ncc(C(=O)c3c(C)cccc3Cl)s2)cc(N2CCN(CCCN)CC2)n1. The molecule has 0 aliphatic carbocycles. The van der Waals surface area contributed by atoms with Crippen LogP contribution in [-0.2, 0) is 0 Å². The Morgan fingerprint density at radius 3 is 2.73 bits per heavy atom. The number of benzene rings is 1. The summed E-state index contributed by atoms with van der Waals surface area (Å²) in [5, 5.41) is 4.28. The molecule has 0 spiro atoms. The number of nitrogens with one attached hydrogen (secondary N) is 1. The summed E-state index contributed by atoms with van der Waals surface area (Å²) in [7, 11) is 0. The van der Waals surface area contributed by atoms with E-state index in [9.17, 15) is 4.79 Å². The number of ketones is 1. The first-order valence-corrected chi connectivity index (χ1v) is 12.2. The van der Waals surface area contributed by atoms with Crippen molar-refractivity contribution in [3.63, 3.8) is 0 Å². The zero-order chi connectivity index (χ0) is 23.4. The second-order valence-corrected chi connectivity index (χ2v) is 9.48. The minimum absolute atomic E-state index is 0.129. The lowest BCUT2D eigenvalue weighted by Crippen LogP contribution is -2.47. The number of thiazole rings is 1. The number of hydrogen-bond donors (Lipinski definition) is 2. The summed E-state index contributed by atoms with van der Waals surface area (Å²) in [6, 6.07) is 7.38. The normalized spacial score (nSPS) is 14.5. The lowest BCUT2D eigenvalue weighted by atomic mass is 10.0. The largest absolute Gasteiger partial charge is 0.354 e. The number of aromatic nitrogens is 3. The molecule has 0 amide bonds. The van der Waals surface area contributed by atoms with Crippen LogP contribution in [-0.4, -0.2) is 64.9 Å². The highest BCUT2D eigenvalue weighted by Gasteiger charge is 2.20. The van der Waals surface area contributed by atoms with Crippen LogP contribution in [0.3, 0.4) is 0 Å². The van der Waals surface area contributed by atoms with Gasteiger partial charge in [-0.1, -0.05) is 35.1 Å². The number of carbonyl (C=O) groups excluding carboxylic acids is 1. The Labute approximate surface area is 202 Å².